The molecular weight excluding hydrogens is 259 g/mol. The van der Waals surface area contributed by atoms with Crippen molar-refractivity contribution in [2.45, 2.75) is 26.1 Å². The van der Waals surface area contributed by atoms with E-state index in [9.17, 15) is 9.18 Å². The predicted octanol–water partition coefficient (Wildman–Crippen LogP) is 2.21. The number of carbonyl (C=O) groups excluding carboxylic acids is 1. The van der Waals surface area contributed by atoms with Crippen LogP contribution in [0.5, 0.6) is 0 Å². The summed E-state index contributed by atoms with van der Waals surface area (Å²) in [6.07, 6.45) is 1.56. The smallest absolute Gasteiger partial charge is 0.237 e. The summed E-state index contributed by atoms with van der Waals surface area (Å²) in [7, 11) is 0. The number of rotatable bonds is 6. The van der Waals surface area contributed by atoms with Gasteiger partial charge in [-0.15, -0.1) is 0 Å². The number of furan rings is 1. The van der Waals surface area contributed by atoms with Gasteiger partial charge in [0, 0.05) is 6.54 Å². The maximum atomic E-state index is 13.0. The van der Waals surface area contributed by atoms with Crippen LogP contribution in [0.15, 0.2) is 47.1 Å². The Balaban J connectivity index is 1.76. The Morgan fingerprint density at radius 1 is 1.30 bits per heavy atom. The fourth-order valence-corrected chi connectivity index (χ4v) is 1.75. The van der Waals surface area contributed by atoms with Gasteiger partial charge in [0.15, 0.2) is 0 Å². The van der Waals surface area contributed by atoms with Gasteiger partial charge in [0.1, 0.15) is 11.6 Å². The van der Waals surface area contributed by atoms with Crippen LogP contribution in [0.4, 0.5) is 4.39 Å². The molecule has 0 radical (unpaired) electrons. The summed E-state index contributed by atoms with van der Waals surface area (Å²) in [5.41, 5.74) is 0.802. The number of amides is 1. The van der Waals surface area contributed by atoms with E-state index < -0.39 is 0 Å². The fourth-order valence-electron chi connectivity index (χ4n) is 1.75. The van der Waals surface area contributed by atoms with E-state index >= 15 is 0 Å². The third-order valence-corrected chi connectivity index (χ3v) is 2.91. The normalized spacial score (nSPS) is 12.1. The summed E-state index contributed by atoms with van der Waals surface area (Å²) >= 11 is 0. The number of nitrogens with one attached hydrogen (secondary N) is 2. The zero-order chi connectivity index (χ0) is 14.4. The van der Waals surface area contributed by atoms with Gasteiger partial charge in [0.05, 0.1) is 18.8 Å². The van der Waals surface area contributed by atoms with Gasteiger partial charge in [-0.1, -0.05) is 12.1 Å². The first-order valence-electron chi connectivity index (χ1n) is 6.43. The lowest BCUT2D eigenvalue weighted by atomic mass is 10.2. The predicted molar refractivity (Wildman–Crippen MR) is 73.3 cm³/mol. The molecule has 0 fully saturated rings. The first kappa shape index (κ1) is 14.3. The van der Waals surface area contributed by atoms with Crippen LogP contribution in [0.2, 0.25) is 0 Å². The second-order valence-electron chi connectivity index (χ2n) is 4.53. The zero-order valence-corrected chi connectivity index (χ0v) is 11.2. The summed E-state index contributed by atoms with van der Waals surface area (Å²) in [6.45, 7) is 2.56. The molecule has 0 saturated carbocycles. The molecule has 2 N–H and O–H groups in total. The third-order valence-electron chi connectivity index (χ3n) is 2.91. The van der Waals surface area contributed by atoms with Crippen molar-refractivity contribution < 1.29 is 13.6 Å². The van der Waals surface area contributed by atoms with Crippen molar-refractivity contribution in [2.75, 3.05) is 0 Å². The van der Waals surface area contributed by atoms with Gasteiger partial charge in [0.2, 0.25) is 5.91 Å². The topological polar surface area (TPSA) is 54.3 Å². The molecule has 2 rings (SSSR count). The van der Waals surface area contributed by atoms with E-state index in [1.165, 1.54) is 12.1 Å². The van der Waals surface area contributed by atoms with Crippen molar-refractivity contribution in [3.05, 3.63) is 59.8 Å². The lowest BCUT2D eigenvalue weighted by Gasteiger charge is -2.13. The molecule has 0 bridgehead atoms. The van der Waals surface area contributed by atoms with Gasteiger partial charge in [-0.3, -0.25) is 4.79 Å². The Kier molecular flexibility index (Phi) is 4.90. The van der Waals surface area contributed by atoms with E-state index in [2.05, 4.69) is 10.6 Å². The van der Waals surface area contributed by atoms with Crippen molar-refractivity contribution in [2.24, 2.45) is 0 Å². The van der Waals surface area contributed by atoms with Crippen molar-refractivity contribution >= 4 is 5.91 Å². The monoisotopic (exact) mass is 276 g/mol. The number of carbonyl (C=O) groups is 1. The number of hydrogen-bond donors (Lipinski definition) is 2. The van der Waals surface area contributed by atoms with Crippen LogP contribution in [-0.4, -0.2) is 11.9 Å². The van der Waals surface area contributed by atoms with Gasteiger partial charge in [-0.05, 0) is 36.8 Å². The third kappa shape index (κ3) is 4.20. The molecule has 20 heavy (non-hydrogen) atoms. The summed E-state index contributed by atoms with van der Waals surface area (Å²) in [5.74, 6) is 0.299. The Hall–Kier alpha value is -2.14. The highest BCUT2D eigenvalue weighted by Gasteiger charge is 2.12. The second kappa shape index (κ2) is 6.86. The van der Waals surface area contributed by atoms with Crippen LogP contribution in [0.1, 0.15) is 18.2 Å². The summed E-state index contributed by atoms with van der Waals surface area (Å²) in [6, 6.07) is 9.49. The van der Waals surface area contributed by atoms with Gasteiger partial charge >= 0.3 is 0 Å². The van der Waals surface area contributed by atoms with Gasteiger partial charge < -0.3 is 15.1 Å². The maximum absolute atomic E-state index is 13.0. The SMILES string of the molecule is CC(NCc1cccc(F)c1)C(=O)NCc1ccco1. The molecule has 5 heteroatoms. The summed E-state index contributed by atoms with van der Waals surface area (Å²) in [4.78, 5) is 11.8. The fraction of sp³-hybridized carbons (Fsp3) is 0.267. The molecule has 106 valence electrons. The Morgan fingerprint density at radius 3 is 2.85 bits per heavy atom. The highest BCUT2D eigenvalue weighted by Crippen LogP contribution is 2.03. The van der Waals surface area contributed by atoms with Gasteiger partial charge in [-0.2, -0.15) is 0 Å². The minimum atomic E-state index is -0.367. The minimum Gasteiger partial charge on any atom is -0.467 e. The maximum Gasteiger partial charge on any atom is 0.237 e. The van der Waals surface area contributed by atoms with Crippen molar-refractivity contribution in [1.82, 2.24) is 10.6 Å². The van der Waals surface area contributed by atoms with Crippen LogP contribution >= 0.6 is 0 Å². The average molecular weight is 276 g/mol. The van der Waals surface area contributed by atoms with E-state index in [4.69, 9.17) is 4.42 Å². The first-order valence-corrected chi connectivity index (χ1v) is 6.43. The molecule has 0 saturated heterocycles. The van der Waals surface area contributed by atoms with Crippen LogP contribution in [0, 0.1) is 5.82 Å². The molecule has 0 aliphatic heterocycles. The van der Waals surface area contributed by atoms with Crippen LogP contribution in [0.3, 0.4) is 0 Å². The van der Waals surface area contributed by atoms with E-state index in [0.717, 1.165) is 5.56 Å². The molecule has 0 spiro atoms. The van der Waals surface area contributed by atoms with Crippen LogP contribution in [-0.2, 0) is 17.9 Å². The molecule has 4 nitrogen and oxygen atoms in total. The van der Waals surface area contributed by atoms with Crippen LogP contribution < -0.4 is 10.6 Å². The molecule has 1 unspecified atom stereocenters. The van der Waals surface area contributed by atoms with Gasteiger partial charge in [0.25, 0.3) is 0 Å². The molecule has 0 aliphatic carbocycles. The van der Waals surface area contributed by atoms with E-state index in [0.29, 0.717) is 18.8 Å². The van der Waals surface area contributed by atoms with E-state index in [1.807, 2.05) is 6.07 Å². The zero-order valence-electron chi connectivity index (χ0n) is 11.2. The molecule has 2 aromatic rings. The first-order chi connectivity index (χ1) is 9.65. The molecule has 1 amide bonds. The number of hydrogen-bond acceptors (Lipinski definition) is 3. The Labute approximate surface area is 117 Å². The van der Waals surface area contributed by atoms with E-state index in [-0.39, 0.29) is 17.8 Å². The molecule has 0 aliphatic rings. The highest BCUT2D eigenvalue weighted by molar-refractivity contribution is 5.81. The second-order valence-corrected chi connectivity index (χ2v) is 4.53. The molecule has 1 heterocycles. The standard InChI is InChI=1S/C15H17FN2O2/c1-11(15(19)18-10-14-6-3-7-20-14)17-9-12-4-2-5-13(16)8-12/h2-8,11,17H,9-10H2,1H3,(H,18,19). The number of benzene rings is 1. The largest absolute Gasteiger partial charge is 0.467 e. The highest BCUT2D eigenvalue weighted by atomic mass is 19.1. The average Bonchev–Trinajstić information content (AvgIpc) is 2.95. The number of halogens is 1. The van der Waals surface area contributed by atoms with Crippen molar-refractivity contribution in [1.29, 1.82) is 0 Å². The van der Waals surface area contributed by atoms with E-state index in [1.54, 1.807) is 31.4 Å². The summed E-state index contributed by atoms with van der Waals surface area (Å²) < 4.78 is 18.1. The minimum absolute atomic E-state index is 0.127. The quantitative estimate of drug-likeness (QED) is 0.850. The lowest BCUT2D eigenvalue weighted by Crippen LogP contribution is -2.41. The van der Waals surface area contributed by atoms with Crippen molar-refractivity contribution in [3.8, 4) is 0 Å². The molecule has 1 aromatic heterocycles. The molecule has 1 aromatic carbocycles. The Morgan fingerprint density at radius 2 is 2.15 bits per heavy atom. The lowest BCUT2D eigenvalue weighted by molar-refractivity contribution is -0.123. The van der Waals surface area contributed by atoms with Crippen LogP contribution in [0.25, 0.3) is 0 Å². The van der Waals surface area contributed by atoms with Gasteiger partial charge in [-0.25, -0.2) is 4.39 Å². The van der Waals surface area contributed by atoms with Crippen molar-refractivity contribution in [3.63, 3.8) is 0 Å². The Bertz CT molecular complexity index is 555. The summed E-state index contributed by atoms with van der Waals surface area (Å²) in [5, 5.41) is 5.81. The molecular formula is C15H17FN2O2. The molecule has 1 atom stereocenters.